The predicted molar refractivity (Wildman–Crippen MR) is 103 cm³/mol. The highest BCUT2D eigenvalue weighted by molar-refractivity contribution is 5.62. The van der Waals surface area contributed by atoms with Crippen LogP contribution in [-0.4, -0.2) is 59.7 Å². The fourth-order valence-corrected chi connectivity index (χ4v) is 4.57. The molecule has 4 nitrogen and oxygen atoms in total. The molecule has 136 valence electrons. The van der Waals surface area contributed by atoms with E-state index in [4.69, 9.17) is 4.74 Å². The van der Waals surface area contributed by atoms with Gasteiger partial charge in [-0.25, -0.2) is 0 Å². The molecule has 26 heavy (non-hydrogen) atoms. The summed E-state index contributed by atoms with van der Waals surface area (Å²) < 4.78 is 5.94. The largest absolute Gasteiger partial charge is 0.378 e. The molecule has 2 saturated heterocycles. The van der Waals surface area contributed by atoms with Crippen LogP contribution in [0.25, 0.3) is 11.1 Å². The van der Waals surface area contributed by atoms with Crippen molar-refractivity contribution < 1.29 is 4.74 Å². The predicted octanol–water partition coefficient (Wildman–Crippen LogP) is 3.04. The molecule has 1 aromatic carbocycles. The highest BCUT2D eigenvalue weighted by atomic mass is 16.5. The molecule has 4 heteroatoms. The number of hydrogen-bond donors (Lipinski definition) is 0. The minimum Gasteiger partial charge on any atom is -0.378 e. The molecule has 1 saturated carbocycles. The van der Waals surface area contributed by atoms with Gasteiger partial charge in [0, 0.05) is 50.7 Å². The van der Waals surface area contributed by atoms with Crippen molar-refractivity contribution in [2.24, 2.45) is 5.92 Å². The number of pyridine rings is 1. The Kier molecular flexibility index (Phi) is 4.49. The Bertz CT molecular complexity index is 729. The van der Waals surface area contributed by atoms with Crippen LogP contribution in [0, 0.1) is 5.92 Å². The van der Waals surface area contributed by atoms with Gasteiger partial charge in [0.1, 0.15) is 0 Å². The number of nitrogens with zero attached hydrogens (tertiary/aromatic N) is 3. The number of rotatable bonds is 4. The molecule has 2 aromatic rings. The van der Waals surface area contributed by atoms with Gasteiger partial charge in [0.25, 0.3) is 0 Å². The smallest absolute Gasteiger partial charge is 0.0635 e. The summed E-state index contributed by atoms with van der Waals surface area (Å²) in [6.45, 7) is 6.39. The van der Waals surface area contributed by atoms with Crippen molar-refractivity contribution in [2.45, 2.75) is 31.5 Å². The van der Waals surface area contributed by atoms with Gasteiger partial charge in [0.05, 0.1) is 13.2 Å². The number of benzene rings is 1. The van der Waals surface area contributed by atoms with Crippen LogP contribution in [0.2, 0.25) is 0 Å². The summed E-state index contributed by atoms with van der Waals surface area (Å²) in [7, 11) is 0. The van der Waals surface area contributed by atoms with Gasteiger partial charge >= 0.3 is 0 Å². The molecule has 0 N–H and O–H groups in total. The average Bonchev–Trinajstić information content (AvgIpc) is 3.54. The number of ether oxygens (including phenoxy) is 1. The Morgan fingerprint density at radius 1 is 1.00 bits per heavy atom. The van der Waals surface area contributed by atoms with Gasteiger partial charge in [0.15, 0.2) is 0 Å². The molecule has 1 aliphatic carbocycles. The zero-order chi connectivity index (χ0) is 17.3. The summed E-state index contributed by atoms with van der Waals surface area (Å²) in [6.07, 6.45) is 6.56. The van der Waals surface area contributed by atoms with Crippen molar-refractivity contribution in [3.05, 3.63) is 54.4 Å². The third kappa shape index (κ3) is 3.41. The molecule has 0 bridgehead atoms. The van der Waals surface area contributed by atoms with E-state index in [1.807, 2.05) is 18.5 Å². The molecule has 3 fully saturated rings. The van der Waals surface area contributed by atoms with Crippen LogP contribution < -0.4 is 0 Å². The van der Waals surface area contributed by atoms with Crippen molar-refractivity contribution in [3.8, 4) is 11.1 Å². The summed E-state index contributed by atoms with van der Waals surface area (Å²) in [6, 6.07) is 14.3. The number of hydrogen-bond acceptors (Lipinski definition) is 4. The fourth-order valence-electron chi connectivity index (χ4n) is 4.57. The van der Waals surface area contributed by atoms with Crippen LogP contribution >= 0.6 is 0 Å². The van der Waals surface area contributed by atoms with Crippen molar-refractivity contribution in [1.82, 2.24) is 14.8 Å². The van der Waals surface area contributed by atoms with Crippen molar-refractivity contribution >= 4 is 0 Å². The summed E-state index contributed by atoms with van der Waals surface area (Å²) in [4.78, 5) is 9.56. The summed E-state index contributed by atoms with van der Waals surface area (Å²) in [5.74, 6) is 0.907. The molecule has 2 atom stereocenters. The van der Waals surface area contributed by atoms with Crippen LogP contribution in [0.5, 0.6) is 0 Å². The molecule has 3 heterocycles. The van der Waals surface area contributed by atoms with Crippen molar-refractivity contribution in [3.63, 3.8) is 0 Å². The van der Waals surface area contributed by atoms with E-state index in [2.05, 4.69) is 45.1 Å². The second kappa shape index (κ2) is 7.10. The zero-order valence-corrected chi connectivity index (χ0v) is 15.3. The normalized spacial score (nSPS) is 27.2. The first-order chi connectivity index (χ1) is 12.9. The third-order valence-corrected chi connectivity index (χ3v) is 6.16. The van der Waals surface area contributed by atoms with Gasteiger partial charge < -0.3 is 4.74 Å². The summed E-state index contributed by atoms with van der Waals surface area (Å²) in [5.41, 5.74) is 3.80. The lowest BCUT2D eigenvalue weighted by atomic mass is 10.0. The maximum absolute atomic E-state index is 5.94. The highest BCUT2D eigenvalue weighted by Gasteiger charge is 2.42. The van der Waals surface area contributed by atoms with Crippen molar-refractivity contribution in [1.29, 1.82) is 0 Å². The first-order valence-corrected chi connectivity index (χ1v) is 9.92. The minimum atomic E-state index is 0.581. The van der Waals surface area contributed by atoms with E-state index in [9.17, 15) is 0 Å². The SMILES string of the molecule is c1cncc(-c2ccc(CN3CCN4[C@@H](COC[C@@H]4C4CC4)C3)cc2)c1. The van der Waals surface area contributed by atoms with E-state index in [0.29, 0.717) is 12.1 Å². The van der Waals surface area contributed by atoms with Crippen LogP contribution in [0.4, 0.5) is 0 Å². The number of fused-ring (bicyclic) bond motifs is 1. The minimum absolute atomic E-state index is 0.581. The second-order valence-electron chi connectivity index (χ2n) is 8.01. The van der Waals surface area contributed by atoms with Gasteiger partial charge in [-0.1, -0.05) is 30.3 Å². The van der Waals surface area contributed by atoms with E-state index in [1.165, 1.54) is 42.6 Å². The Morgan fingerprint density at radius 2 is 1.88 bits per heavy atom. The van der Waals surface area contributed by atoms with Gasteiger partial charge in [-0.2, -0.15) is 0 Å². The lowest BCUT2D eigenvalue weighted by Crippen LogP contribution is -2.62. The van der Waals surface area contributed by atoms with E-state index >= 15 is 0 Å². The van der Waals surface area contributed by atoms with E-state index in [-0.39, 0.29) is 0 Å². The molecule has 0 radical (unpaired) electrons. The van der Waals surface area contributed by atoms with Gasteiger partial charge in [-0.05, 0) is 41.5 Å². The molecule has 0 amide bonds. The van der Waals surface area contributed by atoms with Crippen LogP contribution in [0.15, 0.2) is 48.8 Å². The first kappa shape index (κ1) is 16.4. The first-order valence-electron chi connectivity index (χ1n) is 9.92. The summed E-state index contributed by atoms with van der Waals surface area (Å²) >= 11 is 0. The molecule has 5 rings (SSSR count). The van der Waals surface area contributed by atoms with E-state index < -0.39 is 0 Å². The Hall–Kier alpha value is -1.75. The van der Waals surface area contributed by atoms with Crippen LogP contribution in [0.3, 0.4) is 0 Å². The second-order valence-corrected chi connectivity index (χ2v) is 8.01. The zero-order valence-electron chi connectivity index (χ0n) is 15.3. The Balaban J connectivity index is 1.22. The lowest BCUT2D eigenvalue weighted by molar-refractivity contribution is -0.0880. The van der Waals surface area contributed by atoms with Crippen LogP contribution in [0.1, 0.15) is 18.4 Å². The Labute approximate surface area is 155 Å². The molecule has 1 aromatic heterocycles. The topological polar surface area (TPSA) is 28.6 Å². The lowest BCUT2D eigenvalue weighted by Gasteiger charge is -2.48. The maximum atomic E-state index is 5.94. The molecular formula is C22H27N3O. The number of aromatic nitrogens is 1. The number of morpholine rings is 1. The molecule has 3 aliphatic rings. The molecular weight excluding hydrogens is 322 g/mol. The van der Waals surface area contributed by atoms with Crippen LogP contribution in [-0.2, 0) is 11.3 Å². The molecule has 0 unspecified atom stereocenters. The maximum Gasteiger partial charge on any atom is 0.0635 e. The highest BCUT2D eigenvalue weighted by Crippen LogP contribution is 2.38. The summed E-state index contributed by atoms with van der Waals surface area (Å²) in [5, 5.41) is 0. The quantitative estimate of drug-likeness (QED) is 0.848. The van der Waals surface area contributed by atoms with Gasteiger partial charge in [-0.3, -0.25) is 14.8 Å². The fraction of sp³-hybridized carbons (Fsp3) is 0.500. The van der Waals surface area contributed by atoms with E-state index in [1.54, 1.807) is 0 Å². The van der Waals surface area contributed by atoms with Gasteiger partial charge in [-0.15, -0.1) is 0 Å². The molecule has 0 spiro atoms. The van der Waals surface area contributed by atoms with Crippen molar-refractivity contribution in [2.75, 3.05) is 32.8 Å². The van der Waals surface area contributed by atoms with Gasteiger partial charge in [0.2, 0.25) is 0 Å². The standard InChI is InChI=1S/C22H27N3O/c1-2-20(12-23-9-1)18-5-3-17(4-6-18)13-24-10-11-25-21(14-24)15-26-16-22(25)19-7-8-19/h1-6,9,12,19,21-22H,7-8,10-11,13-16H2/t21-,22-/m1/s1. The molecule has 2 aliphatic heterocycles. The number of piperazine rings is 1. The third-order valence-electron chi connectivity index (χ3n) is 6.16. The average molecular weight is 349 g/mol. The van der Waals surface area contributed by atoms with E-state index in [0.717, 1.165) is 32.2 Å². The Morgan fingerprint density at radius 3 is 2.65 bits per heavy atom. The monoisotopic (exact) mass is 349 g/mol.